The second kappa shape index (κ2) is 5.17. The first-order chi connectivity index (χ1) is 9.19. The number of rotatable bonds is 0. The maximum Gasteiger partial charge on any atom is 0.419 e. The molecule has 1 aliphatic heterocycles. The summed E-state index contributed by atoms with van der Waals surface area (Å²) in [4.78, 5) is 16.4. The molecule has 1 aromatic rings. The third-order valence-electron chi connectivity index (χ3n) is 3.04. The number of thioether (sulfide) groups is 1. The molecule has 1 aromatic carbocycles. The van der Waals surface area contributed by atoms with Crippen molar-refractivity contribution in [2.75, 3.05) is 4.90 Å². The number of carbonyl (C=O) groups is 1. The first kappa shape index (κ1) is 15.0. The van der Waals surface area contributed by atoms with Crippen LogP contribution in [0.15, 0.2) is 33.7 Å². The molecule has 2 rings (SSSR count). The molecule has 0 saturated heterocycles. The Labute approximate surface area is 125 Å². The lowest BCUT2D eigenvalue weighted by Gasteiger charge is -2.32. The van der Waals surface area contributed by atoms with E-state index in [4.69, 9.17) is 4.74 Å². The molecule has 0 bridgehead atoms. The molecule has 0 fully saturated rings. The van der Waals surface area contributed by atoms with Crippen LogP contribution in [-0.4, -0.2) is 11.7 Å². The molecule has 1 aliphatic rings. The fourth-order valence-electron chi connectivity index (χ4n) is 2.01. The number of aryl methyl sites for hydroxylation is 1. The summed E-state index contributed by atoms with van der Waals surface area (Å²) in [7, 11) is 0. The lowest BCUT2D eigenvalue weighted by Crippen LogP contribution is -2.37. The number of anilines is 1. The van der Waals surface area contributed by atoms with Gasteiger partial charge in [-0.3, -0.25) is 0 Å². The number of benzene rings is 1. The van der Waals surface area contributed by atoms with Crippen LogP contribution in [0.5, 0.6) is 0 Å². The van der Waals surface area contributed by atoms with Crippen molar-refractivity contribution in [3.63, 3.8) is 0 Å². The molecule has 0 saturated carbocycles. The summed E-state index contributed by atoms with van der Waals surface area (Å²) in [5.41, 5.74) is 2.52. The summed E-state index contributed by atoms with van der Waals surface area (Å²) in [6.07, 6.45) is -0.320. The molecule has 108 valence electrons. The summed E-state index contributed by atoms with van der Waals surface area (Å²) in [5.74, 6) is 0. The van der Waals surface area contributed by atoms with Gasteiger partial charge >= 0.3 is 6.09 Å². The second-order valence-corrected chi connectivity index (χ2v) is 7.29. The maximum absolute atomic E-state index is 12.5. The highest BCUT2D eigenvalue weighted by atomic mass is 32.2. The van der Waals surface area contributed by atoms with Crippen LogP contribution in [0.25, 0.3) is 0 Å². The van der Waals surface area contributed by atoms with Gasteiger partial charge in [-0.1, -0.05) is 17.8 Å². The highest BCUT2D eigenvalue weighted by molar-refractivity contribution is 8.03. The zero-order valence-electron chi connectivity index (χ0n) is 12.9. The van der Waals surface area contributed by atoms with E-state index in [1.807, 2.05) is 46.8 Å². The molecule has 3 nitrogen and oxygen atoms in total. The van der Waals surface area contributed by atoms with Crippen molar-refractivity contribution in [1.82, 2.24) is 0 Å². The minimum absolute atomic E-state index is 0.320. The Morgan fingerprint density at radius 2 is 1.85 bits per heavy atom. The molecular weight excluding hydrogens is 270 g/mol. The average molecular weight is 291 g/mol. The first-order valence-corrected chi connectivity index (χ1v) is 7.50. The third-order valence-corrected chi connectivity index (χ3v) is 4.19. The van der Waals surface area contributed by atoms with Gasteiger partial charge in [0.05, 0.1) is 5.69 Å². The number of carbonyl (C=O) groups excluding carboxylic acids is 1. The van der Waals surface area contributed by atoms with Crippen molar-refractivity contribution in [3.8, 4) is 0 Å². The van der Waals surface area contributed by atoms with Gasteiger partial charge in [0, 0.05) is 15.5 Å². The Kier molecular flexibility index (Phi) is 3.87. The number of allylic oxidation sites excluding steroid dienone is 2. The quantitative estimate of drug-likeness (QED) is 0.666. The summed E-state index contributed by atoms with van der Waals surface area (Å²) in [6.45, 7) is 11.7. The molecule has 0 spiro atoms. The molecule has 4 heteroatoms. The van der Waals surface area contributed by atoms with Crippen LogP contribution in [0.1, 0.15) is 40.2 Å². The normalized spacial score (nSPS) is 15.2. The van der Waals surface area contributed by atoms with Crippen LogP contribution >= 0.6 is 11.8 Å². The van der Waals surface area contributed by atoms with E-state index in [1.54, 1.807) is 16.7 Å². The molecule has 1 amide bonds. The standard InChI is InChI=1S/C16H21NO2S/c1-10-7-8-13-14(9-10)20-12(3)11(2)17(13)15(18)19-16(4,5)6/h7-9H,1-6H3. The van der Waals surface area contributed by atoms with Gasteiger partial charge < -0.3 is 4.74 Å². The van der Waals surface area contributed by atoms with E-state index in [0.29, 0.717) is 0 Å². The molecule has 0 N–H and O–H groups in total. The van der Waals surface area contributed by atoms with Gasteiger partial charge in [0.15, 0.2) is 0 Å². The maximum atomic E-state index is 12.5. The van der Waals surface area contributed by atoms with Crippen LogP contribution in [0.4, 0.5) is 10.5 Å². The number of hydrogen-bond donors (Lipinski definition) is 0. The number of fused-ring (bicyclic) bond motifs is 1. The number of nitrogens with zero attached hydrogens (tertiary/aromatic N) is 1. The summed E-state index contributed by atoms with van der Waals surface area (Å²) >= 11 is 1.70. The van der Waals surface area contributed by atoms with Crippen LogP contribution in [0.2, 0.25) is 0 Å². The zero-order chi connectivity index (χ0) is 15.1. The van der Waals surface area contributed by atoms with E-state index in [9.17, 15) is 4.79 Å². The summed E-state index contributed by atoms with van der Waals surface area (Å²) < 4.78 is 5.53. The van der Waals surface area contributed by atoms with Gasteiger partial charge in [0.1, 0.15) is 5.60 Å². The molecule has 1 heterocycles. The lowest BCUT2D eigenvalue weighted by atomic mass is 10.2. The SMILES string of the molecule is CC1=C(C)N(C(=O)OC(C)(C)C)c2ccc(C)cc2S1. The largest absolute Gasteiger partial charge is 0.443 e. The van der Waals surface area contributed by atoms with Crippen LogP contribution in [-0.2, 0) is 4.74 Å². The van der Waals surface area contributed by atoms with Gasteiger partial charge in [-0.2, -0.15) is 0 Å². The van der Waals surface area contributed by atoms with Crippen LogP contribution in [0, 0.1) is 6.92 Å². The molecule has 0 radical (unpaired) electrons. The van der Waals surface area contributed by atoms with Gasteiger partial charge in [0.2, 0.25) is 0 Å². The number of amides is 1. The minimum atomic E-state index is -0.499. The zero-order valence-corrected chi connectivity index (χ0v) is 13.7. The number of ether oxygens (including phenoxy) is 1. The third kappa shape index (κ3) is 3.01. The topological polar surface area (TPSA) is 29.5 Å². The Balaban J connectivity index is 2.44. The summed E-state index contributed by atoms with van der Waals surface area (Å²) in [6, 6.07) is 6.11. The van der Waals surface area contributed by atoms with E-state index in [0.717, 1.165) is 21.2 Å². The van der Waals surface area contributed by atoms with Crippen LogP contribution in [0.3, 0.4) is 0 Å². The van der Waals surface area contributed by atoms with Crippen molar-refractivity contribution in [3.05, 3.63) is 34.4 Å². The highest BCUT2D eigenvalue weighted by Crippen LogP contribution is 2.43. The van der Waals surface area contributed by atoms with Crippen molar-refractivity contribution in [1.29, 1.82) is 0 Å². The fourth-order valence-corrected chi connectivity index (χ4v) is 3.09. The fraction of sp³-hybridized carbons (Fsp3) is 0.438. The smallest absolute Gasteiger partial charge is 0.419 e. The van der Waals surface area contributed by atoms with Gasteiger partial charge in [0.25, 0.3) is 0 Å². The predicted octanol–water partition coefficient (Wildman–Crippen LogP) is 5.09. The van der Waals surface area contributed by atoms with E-state index in [1.165, 1.54) is 5.56 Å². The van der Waals surface area contributed by atoms with Crippen molar-refractivity contribution >= 4 is 23.5 Å². The van der Waals surface area contributed by atoms with Crippen molar-refractivity contribution in [2.24, 2.45) is 0 Å². The number of hydrogen-bond acceptors (Lipinski definition) is 3. The minimum Gasteiger partial charge on any atom is -0.443 e. The average Bonchev–Trinajstić information content (AvgIpc) is 2.28. The Bertz CT molecular complexity index is 585. The molecule has 0 aliphatic carbocycles. The van der Waals surface area contributed by atoms with Crippen molar-refractivity contribution < 1.29 is 9.53 Å². The summed E-state index contributed by atoms with van der Waals surface area (Å²) in [5, 5.41) is 0. The van der Waals surface area contributed by atoms with E-state index in [-0.39, 0.29) is 6.09 Å². The molecule has 0 aromatic heterocycles. The monoisotopic (exact) mass is 291 g/mol. The molecule has 20 heavy (non-hydrogen) atoms. The van der Waals surface area contributed by atoms with E-state index >= 15 is 0 Å². The lowest BCUT2D eigenvalue weighted by molar-refractivity contribution is 0.0591. The second-order valence-electron chi connectivity index (χ2n) is 6.03. The Morgan fingerprint density at radius 1 is 1.20 bits per heavy atom. The Hall–Kier alpha value is -1.42. The van der Waals surface area contributed by atoms with E-state index < -0.39 is 5.60 Å². The van der Waals surface area contributed by atoms with Crippen molar-refractivity contribution in [2.45, 2.75) is 52.0 Å². The molecule has 0 atom stereocenters. The predicted molar refractivity (Wildman–Crippen MR) is 84.1 cm³/mol. The molecular formula is C16H21NO2S. The van der Waals surface area contributed by atoms with Gasteiger partial charge in [-0.15, -0.1) is 0 Å². The van der Waals surface area contributed by atoms with Gasteiger partial charge in [-0.25, -0.2) is 9.69 Å². The van der Waals surface area contributed by atoms with Gasteiger partial charge in [-0.05, 0) is 59.2 Å². The van der Waals surface area contributed by atoms with E-state index in [2.05, 4.69) is 13.0 Å². The first-order valence-electron chi connectivity index (χ1n) is 6.68. The highest BCUT2D eigenvalue weighted by Gasteiger charge is 2.30. The van der Waals surface area contributed by atoms with Crippen LogP contribution < -0.4 is 4.90 Å². The Morgan fingerprint density at radius 3 is 2.45 bits per heavy atom. The molecule has 0 unspecified atom stereocenters.